The molecular weight excluding hydrogens is 260 g/mol. The van der Waals surface area contributed by atoms with Crippen LogP contribution < -0.4 is 5.56 Å². The van der Waals surface area contributed by atoms with Crippen LogP contribution in [0.5, 0.6) is 0 Å². The smallest absolute Gasteiger partial charge is 0.271 e. The highest BCUT2D eigenvalue weighted by molar-refractivity contribution is 7.17. The van der Waals surface area contributed by atoms with Crippen LogP contribution in [-0.4, -0.2) is 14.5 Å². The average Bonchev–Trinajstić information content (AvgIpc) is 2.91. The molecule has 92 valence electrons. The minimum atomic E-state index is -0.0599. The van der Waals surface area contributed by atoms with Gasteiger partial charge in [-0.2, -0.15) is 5.26 Å². The maximum atomic E-state index is 12.2. The van der Waals surface area contributed by atoms with Crippen molar-refractivity contribution in [1.29, 1.82) is 5.26 Å². The molecule has 3 aromatic rings. The average molecular weight is 268 g/mol. The van der Waals surface area contributed by atoms with E-state index in [9.17, 15) is 4.79 Å². The second-order valence-corrected chi connectivity index (χ2v) is 4.89. The van der Waals surface area contributed by atoms with Crippen LogP contribution in [0.25, 0.3) is 10.2 Å². The third-order valence-electron chi connectivity index (χ3n) is 2.73. The Morgan fingerprint density at radius 1 is 1.37 bits per heavy atom. The van der Waals surface area contributed by atoms with Gasteiger partial charge in [-0.1, -0.05) is 0 Å². The van der Waals surface area contributed by atoms with Crippen LogP contribution in [0.4, 0.5) is 0 Å². The third-order valence-corrected chi connectivity index (χ3v) is 3.62. The van der Waals surface area contributed by atoms with Gasteiger partial charge in [-0.05, 0) is 29.1 Å². The lowest BCUT2D eigenvalue weighted by atomic mass is 10.2. The molecule has 0 fully saturated rings. The van der Waals surface area contributed by atoms with Crippen LogP contribution in [0.3, 0.4) is 0 Å². The summed E-state index contributed by atoms with van der Waals surface area (Å²) < 4.78 is 2.19. The van der Waals surface area contributed by atoms with E-state index >= 15 is 0 Å². The number of rotatable bonds is 2. The molecule has 0 aliphatic carbocycles. The Morgan fingerprint density at radius 3 is 3.11 bits per heavy atom. The molecule has 0 amide bonds. The van der Waals surface area contributed by atoms with E-state index in [0.29, 0.717) is 16.9 Å². The standard InChI is InChI=1S/C13H8N4OS/c14-6-10-5-9(1-3-15-10)7-17-8-16-11-2-4-19-12(11)13(17)18/h1-5,8H,7H2. The summed E-state index contributed by atoms with van der Waals surface area (Å²) in [5.41, 5.74) is 1.86. The van der Waals surface area contributed by atoms with E-state index in [0.717, 1.165) is 11.1 Å². The van der Waals surface area contributed by atoms with E-state index in [1.165, 1.54) is 22.2 Å². The SMILES string of the molecule is N#Cc1cc(Cn2cnc3ccsc3c2=O)ccn1. The minimum absolute atomic E-state index is 0.0599. The second-order valence-electron chi connectivity index (χ2n) is 3.97. The molecule has 0 radical (unpaired) electrons. The summed E-state index contributed by atoms with van der Waals surface area (Å²) in [7, 11) is 0. The van der Waals surface area contributed by atoms with Crippen LogP contribution in [-0.2, 0) is 6.54 Å². The van der Waals surface area contributed by atoms with Gasteiger partial charge in [-0.15, -0.1) is 11.3 Å². The molecule has 0 aromatic carbocycles. The van der Waals surface area contributed by atoms with Crippen molar-refractivity contribution in [3.63, 3.8) is 0 Å². The third kappa shape index (κ3) is 2.11. The van der Waals surface area contributed by atoms with Crippen molar-refractivity contribution in [3.8, 4) is 6.07 Å². The van der Waals surface area contributed by atoms with Gasteiger partial charge >= 0.3 is 0 Å². The molecule has 0 aliphatic rings. The largest absolute Gasteiger partial charge is 0.294 e. The summed E-state index contributed by atoms with van der Waals surface area (Å²) >= 11 is 1.39. The van der Waals surface area contributed by atoms with Gasteiger partial charge in [0.05, 0.1) is 18.4 Å². The van der Waals surface area contributed by atoms with Gasteiger partial charge in [0.1, 0.15) is 16.5 Å². The maximum Gasteiger partial charge on any atom is 0.271 e. The molecule has 0 atom stereocenters. The molecule has 0 saturated heterocycles. The van der Waals surface area contributed by atoms with E-state index < -0.39 is 0 Å². The molecule has 0 unspecified atom stereocenters. The Hall–Kier alpha value is -2.52. The van der Waals surface area contributed by atoms with Gasteiger partial charge in [-0.3, -0.25) is 9.36 Å². The summed E-state index contributed by atoms with van der Waals surface area (Å²) in [6.45, 7) is 0.386. The molecule has 0 saturated carbocycles. The Labute approximate surface area is 112 Å². The minimum Gasteiger partial charge on any atom is -0.294 e. The van der Waals surface area contributed by atoms with E-state index in [4.69, 9.17) is 5.26 Å². The van der Waals surface area contributed by atoms with Crippen LogP contribution in [0.1, 0.15) is 11.3 Å². The normalized spacial score (nSPS) is 10.5. The molecule has 6 heteroatoms. The molecule has 3 heterocycles. The first-order valence-corrected chi connectivity index (χ1v) is 6.43. The number of hydrogen-bond acceptors (Lipinski definition) is 5. The monoisotopic (exact) mass is 268 g/mol. The predicted molar refractivity (Wildman–Crippen MR) is 71.9 cm³/mol. The molecule has 3 aromatic heterocycles. The van der Waals surface area contributed by atoms with Gasteiger partial charge in [0.15, 0.2) is 0 Å². The van der Waals surface area contributed by atoms with Gasteiger partial charge in [0.25, 0.3) is 5.56 Å². The summed E-state index contributed by atoms with van der Waals surface area (Å²) in [5.74, 6) is 0. The van der Waals surface area contributed by atoms with Gasteiger partial charge < -0.3 is 0 Å². The van der Waals surface area contributed by atoms with Crippen LogP contribution in [0, 0.1) is 11.3 Å². The lowest BCUT2D eigenvalue weighted by molar-refractivity contribution is 0.748. The Bertz CT molecular complexity index is 843. The highest BCUT2D eigenvalue weighted by Crippen LogP contribution is 2.13. The van der Waals surface area contributed by atoms with Crippen molar-refractivity contribution in [2.75, 3.05) is 0 Å². The van der Waals surface area contributed by atoms with E-state index in [-0.39, 0.29) is 5.56 Å². The fourth-order valence-electron chi connectivity index (χ4n) is 1.82. The van der Waals surface area contributed by atoms with Crippen LogP contribution >= 0.6 is 11.3 Å². The Balaban J connectivity index is 2.03. The number of aromatic nitrogens is 3. The molecular formula is C13H8N4OS. The fourth-order valence-corrected chi connectivity index (χ4v) is 2.61. The Kier molecular flexibility index (Phi) is 2.82. The zero-order valence-corrected chi connectivity index (χ0v) is 10.6. The summed E-state index contributed by atoms with van der Waals surface area (Å²) in [6, 6.07) is 7.26. The number of hydrogen-bond donors (Lipinski definition) is 0. The van der Waals surface area contributed by atoms with E-state index in [1.807, 2.05) is 17.5 Å². The summed E-state index contributed by atoms with van der Waals surface area (Å²) in [4.78, 5) is 20.3. The summed E-state index contributed by atoms with van der Waals surface area (Å²) in [5, 5.41) is 10.7. The van der Waals surface area contributed by atoms with Crippen molar-refractivity contribution < 1.29 is 0 Å². The van der Waals surface area contributed by atoms with Gasteiger partial charge in [0.2, 0.25) is 0 Å². The fraction of sp³-hybridized carbons (Fsp3) is 0.0769. The first kappa shape index (κ1) is 11.6. The van der Waals surface area contributed by atoms with Crippen LogP contribution in [0.2, 0.25) is 0 Å². The van der Waals surface area contributed by atoms with Crippen molar-refractivity contribution in [1.82, 2.24) is 14.5 Å². The lowest BCUT2D eigenvalue weighted by Gasteiger charge is -2.05. The van der Waals surface area contributed by atoms with Crippen molar-refractivity contribution in [2.24, 2.45) is 0 Å². The molecule has 3 rings (SSSR count). The van der Waals surface area contributed by atoms with Gasteiger partial charge in [0, 0.05) is 6.20 Å². The number of thiophene rings is 1. The molecule has 5 nitrogen and oxygen atoms in total. The first-order valence-electron chi connectivity index (χ1n) is 5.55. The predicted octanol–water partition coefficient (Wildman–Crippen LogP) is 1.77. The van der Waals surface area contributed by atoms with Crippen LogP contribution in [0.15, 0.2) is 40.9 Å². The van der Waals surface area contributed by atoms with Crippen molar-refractivity contribution in [2.45, 2.75) is 6.54 Å². The highest BCUT2D eigenvalue weighted by Gasteiger charge is 2.06. The molecule has 0 bridgehead atoms. The number of fused-ring (bicyclic) bond motifs is 1. The summed E-state index contributed by atoms with van der Waals surface area (Å²) in [6.07, 6.45) is 3.10. The molecule has 0 N–H and O–H groups in total. The van der Waals surface area contributed by atoms with E-state index in [1.54, 1.807) is 18.3 Å². The second kappa shape index (κ2) is 4.63. The van der Waals surface area contributed by atoms with Crippen molar-refractivity contribution >= 4 is 21.6 Å². The molecule has 19 heavy (non-hydrogen) atoms. The Morgan fingerprint density at radius 2 is 2.26 bits per heavy atom. The number of nitrogens with zero attached hydrogens (tertiary/aromatic N) is 4. The topological polar surface area (TPSA) is 71.6 Å². The first-order chi connectivity index (χ1) is 9.28. The number of nitriles is 1. The molecule has 0 spiro atoms. The quantitative estimate of drug-likeness (QED) is 0.710. The van der Waals surface area contributed by atoms with E-state index in [2.05, 4.69) is 9.97 Å². The molecule has 0 aliphatic heterocycles. The maximum absolute atomic E-state index is 12.2. The zero-order valence-electron chi connectivity index (χ0n) is 9.78. The zero-order chi connectivity index (χ0) is 13.2. The van der Waals surface area contributed by atoms with Gasteiger partial charge in [-0.25, -0.2) is 9.97 Å². The number of pyridine rings is 1. The van der Waals surface area contributed by atoms with Crippen molar-refractivity contribution in [3.05, 3.63) is 57.7 Å². The highest BCUT2D eigenvalue weighted by atomic mass is 32.1. The lowest BCUT2D eigenvalue weighted by Crippen LogP contribution is -2.20.